The summed E-state index contributed by atoms with van der Waals surface area (Å²) in [5, 5.41) is 3.07. The van der Waals surface area contributed by atoms with Crippen LogP contribution in [0.4, 0.5) is 0 Å². The van der Waals surface area contributed by atoms with Gasteiger partial charge in [-0.25, -0.2) is 4.98 Å². The van der Waals surface area contributed by atoms with Crippen molar-refractivity contribution in [1.82, 2.24) is 14.9 Å². The molecule has 4 aromatic rings. The van der Waals surface area contributed by atoms with Crippen LogP contribution in [0.2, 0.25) is 0 Å². The maximum Gasteiger partial charge on any atom is 0.224 e. The van der Waals surface area contributed by atoms with Gasteiger partial charge in [-0.2, -0.15) is 0 Å². The van der Waals surface area contributed by atoms with Crippen LogP contribution in [0.5, 0.6) is 5.75 Å². The van der Waals surface area contributed by atoms with Crippen LogP contribution in [0, 0.1) is 6.92 Å². The summed E-state index contributed by atoms with van der Waals surface area (Å²) in [4.78, 5) is 17.2. The lowest BCUT2D eigenvalue weighted by Crippen LogP contribution is -2.26. The van der Waals surface area contributed by atoms with Gasteiger partial charge in [-0.1, -0.05) is 68.8 Å². The van der Waals surface area contributed by atoms with Crippen molar-refractivity contribution in [1.29, 1.82) is 0 Å². The Morgan fingerprint density at radius 2 is 1.70 bits per heavy atom. The standard InChI is InChI=1S/C32H39N3O2/c1-24(2)26-16-18-28(19-17-26)37-22-21-35-30-14-9-8-13-29(30)34-31(35)15-5-4-10-20-33-32(36)23-27-12-7-6-11-25(27)3/h6-9,11-14,16-19,24H,4-5,10,15,20-23H2,1-3H3,(H,33,36). The summed E-state index contributed by atoms with van der Waals surface area (Å²) in [6.07, 6.45) is 4.41. The molecule has 0 unspecified atom stereocenters. The minimum atomic E-state index is 0.0925. The average molecular weight is 498 g/mol. The molecule has 0 aliphatic heterocycles. The first-order valence-corrected chi connectivity index (χ1v) is 13.5. The van der Waals surface area contributed by atoms with Crippen molar-refractivity contribution in [3.8, 4) is 5.75 Å². The lowest BCUT2D eigenvalue weighted by Gasteiger charge is -2.12. The van der Waals surface area contributed by atoms with E-state index in [1.807, 2.05) is 37.3 Å². The van der Waals surface area contributed by atoms with Crippen molar-refractivity contribution in [2.75, 3.05) is 13.2 Å². The van der Waals surface area contributed by atoms with Crippen molar-refractivity contribution >= 4 is 16.9 Å². The van der Waals surface area contributed by atoms with Gasteiger partial charge in [0.2, 0.25) is 5.91 Å². The number of unbranched alkanes of at least 4 members (excludes halogenated alkanes) is 2. The number of carbonyl (C=O) groups is 1. The smallest absolute Gasteiger partial charge is 0.224 e. The zero-order valence-electron chi connectivity index (χ0n) is 22.4. The summed E-state index contributed by atoms with van der Waals surface area (Å²) in [6.45, 7) is 8.52. The van der Waals surface area contributed by atoms with Crippen molar-refractivity contribution in [3.63, 3.8) is 0 Å². The number of ether oxygens (including phenoxy) is 1. The van der Waals surface area contributed by atoms with E-state index in [1.165, 1.54) is 5.56 Å². The van der Waals surface area contributed by atoms with Gasteiger partial charge in [0.15, 0.2) is 0 Å². The molecule has 37 heavy (non-hydrogen) atoms. The molecule has 1 heterocycles. The number of amides is 1. The molecule has 1 amide bonds. The predicted molar refractivity (Wildman–Crippen MR) is 151 cm³/mol. The lowest BCUT2D eigenvalue weighted by molar-refractivity contribution is -0.120. The number of fused-ring (bicyclic) bond motifs is 1. The van der Waals surface area contributed by atoms with E-state index in [-0.39, 0.29) is 5.91 Å². The molecule has 194 valence electrons. The van der Waals surface area contributed by atoms with Gasteiger partial charge in [0.25, 0.3) is 0 Å². The zero-order chi connectivity index (χ0) is 26.0. The number of carbonyl (C=O) groups excluding carboxylic acids is 1. The monoisotopic (exact) mass is 497 g/mol. The molecule has 1 N–H and O–H groups in total. The number of nitrogens with one attached hydrogen (secondary N) is 1. The van der Waals surface area contributed by atoms with Crippen LogP contribution in [0.25, 0.3) is 11.0 Å². The van der Waals surface area contributed by atoms with Crippen LogP contribution in [0.15, 0.2) is 72.8 Å². The first kappa shape index (κ1) is 26.5. The van der Waals surface area contributed by atoms with E-state index in [1.54, 1.807) is 0 Å². The van der Waals surface area contributed by atoms with Crippen LogP contribution in [-0.2, 0) is 24.2 Å². The number of hydrogen-bond acceptors (Lipinski definition) is 3. The Labute approximate surface area is 220 Å². The minimum absolute atomic E-state index is 0.0925. The summed E-state index contributed by atoms with van der Waals surface area (Å²) < 4.78 is 8.35. The first-order chi connectivity index (χ1) is 18.0. The average Bonchev–Trinajstić information content (AvgIpc) is 3.25. The number of rotatable bonds is 13. The highest BCUT2D eigenvalue weighted by molar-refractivity contribution is 5.78. The zero-order valence-corrected chi connectivity index (χ0v) is 22.4. The van der Waals surface area contributed by atoms with Crippen molar-refractivity contribution in [2.24, 2.45) is 0 Å². The van der Waals surface area contributed by atoms with Crippen LogP contribution < -0.4 is 10.1 Å². The Morgan fingerprint density at radius 3 is 2.49 bits per heavy atom. The van der Waals surface area contributed by atoms with Crippen LogP contribution in [-0.4, -0.2) is 28.6 Å². The maximum absolute atomic E-state index is 12.3. The van der Waals surface area contributed by atoms with Crippen molar-refractivity contribution in [2.45, 2.75) is 65.3 Å². The van der Waals surface area contributed by atoms with E-state index >= 15 is 0 Å². The number of para-hydroxylation sites is 2. The molecule has 4 rings (SSSR count). The Kier molecular flexibility index (Phi) is 9.36. The number of aryl methyl sites for hydroxylation is 2. The van der Waals surface area contributed by atoms with E-state index in [4.69, 9.17) is 9.72 Å². The predicted octanol–water partition coefficient (Wildman–Crippen LogP) is 6.62. The molecule has 0 aliphatic rings. The number of aromatic nitrogens is 2. The fourth-order valence-electron chi connectivity index (χ4n) is 4.63. The summed E-state index contributed by atoms with van der Waals surface area (Å²) in [5.74, 6) is 2.61. The van der Waals surface area contributed by atoms with Gasteiger partial charge >= 0.3 is 0 Å². The largest absolute Gasteiger partial charge is 0.492 e. The van der Waals surface area contributed by atoms with E-state index in [2.05, 4.69) is 66.2 Å². The molecule has 5 heteroatoms. The Balaban J connectivity index is 1.24. The summed E-state index contributed by atoms with van der Waals surface area (Å²) in [7, 11) is 0. The van der Waals surface area contributed by atoms with Crippen LogP contribution in [0.1, 0.15) is 61.5 Å². The number of nitrogens with zero attached hydrogens (tertiary/aromatic N) is 2. The molecule has 3 aromatic carbocycles. The van der Waals surface area contributed by atoms with Gasteiger partial charge in [-0.15, -0.1) is 0 Å². The normalized spacial score (nSPS) is 11.2. The summed E-state index contributed by atoms with van der Waals surface area (Å²) >= 11 is 0. The third-order valence-electron chi connectivity index (χ3n) is 6.88. The molecule has 0 saturated carbocycles. The summed E-state index contributed by atoms with van der Waals surface area (Å²) in [5.41, 5.74) is 5.76. The van der Waals surface area contributed by atoms with Gasteiger partial charge in [0.1, 0.15) is 18.2 Å². The second-order valence-electron chi connectivity index (χ2n) is 10.0. The van der Waals surface area contributed by atoms with E-state index < -0.39 is 0 Å². The minimum Gasteiger partial charge on any atom is -0.492 e. The number of hydrogen-bond donors (Lipinski definition) is 1. The second kappa shape index (κ2) is 13.1. The third kappa shape index (κ3) is 7.45. The Morgan fingerprint density at radius 1 is 0.946 bits per heavy atom. The third-order valence-corrected chi connectivity index (χ3v) is 6.88. The highest BCUT2D eigenvalue weighted by Gasteiger charge is 2.11. The molecule has 0 bridgehead atoms. The SMILES string of the molecule is Cc1ccccc1CC(=O)NCCCCCc1nc2ccccc2n1CCOc1ccc(C(C)C)cc1. The maximum atomic E-state index is 12.3. The summed E-state index contributed by atoms with van der Waals surface area (Å²) in [6, 6.07) is 24.8. The highest BCUT2D eigenvalue weighted by Crippen LogP contribution is 2.20. The van der Waals surface area contributed by atoms with E-state index in [0.29, 0.717) is 25.5 Å². The fraction of sp³-hybridized carbons (Fsp3) is 0.375. The van der Waals surface area contributed by atoms with Crippen molar-refractivity contribution in [3.05, 3.63) is 95.3 Å². The highest BCUT2D eigenvalue weighted by atomic mass is 16.5. The lowest BCUT2D eigenvalue weighted by atomic mass is 10.0. The molecule has 0 fully saturated rings. The van der Waals surface area contributed by atoms with Gasteiger partial charge < -0.3 is 14.6 Å². The fourth-order valence-corrected chi connectivity index (χ4v) is 4.63. The topological polar surface area (TPSA) is 56.2 Å². The molecule has 0 aliphatic carbocycles. The van der Waals surface area contributed by atoms with E-state index in [0.717, 1.165) is 66.0 Å². The molecular weight excluding hydrogens is 458 g/mol. The molecule has 0 radical (unpaired) electrons. The van der Waals surface area contributed by atoms with Crippen molar-refractivity contribution < 1.29 is 9.53 Å². The number of imidazole rings is 1. The molecule has 5 nitrogen and oxygen atoms in total. The quantitative estimate of drug-likeness (QED) is 0.211. The molecule has 0 spiro atoms. The molecular formula is C32H39N3O2. The first-order valence-electron chi connectivity index (χ1n) is 13.5. The number of benzene rings is 3. The van der Waals surface area contributed by atoms with Gasteiger partial charge in [0.05, 0.1) is 24.0 Å². The van der Waals surface area contributed by atoms with E-state index in [9.17, 15) is 4.79 Å². The molecule has 0 saturated heterocycles. The van der Waals surface area contributed by atoms with Gasteiger partial charge in [-0.05, 0) is 66.6 Å². The van der Waals surface area contributed by atoms with Gasteiger partial charge in [0, 0.05) is 13.0 Å². The Bertz CT molecular complexity index is 1290. The van der Waals surface area contributed by atoms with Crippen LogP contribution >= 0.6 is 0 Å². The van der Waals surface area contributed by atoms with Crippen LogP contribution in [0.3, 0.4) is 0 Å². The molecule has 1 aromatic heterocycles. The Hall–Kier alpha value is -3.60. The van der Waals surface area contributed by atoms with Gasteiger partial charge in [-0.3, -0.25) is 4.79 Å². The molecule has 0 atom stereocenters. The second-order valence-corrected chi connectivity index (χ2v) is 10.0.